The lowest BCUT2D eigenvalue weighted by Crippen LogP contribution is -2.64. The van der Waals surface area contributed by atoms with Crippen LogP contribution in [-0.4, -0.2) is 64.2 Å². The maximum atomic E-state index is 17.2. The summed E-state index contributed by atoms with van der Waals surface area (Å²) in [5.41, 5.74) is -0.149. The van der Waals surface area contributed by atoms with Crippen LogP contribution in [0.1, 0.15) is 37.9 Å². The summed E-state index contributed by atoms with van der Waals surface area (Å²) < 4.78 is 49.7. The fourth-order valence-electron chi connectivity index (χ4n) is 6.87. The van der Waals surface area contributed by atoms with Gasteiger partial charge in [-0.1, -0.05) is 26.5 Å². The van der Waals surface area contributed by atoms with Crippen molar-refractivity contribution in [2.75, 3.05) is 36.5 Å². The Kier molecular flexibility index (Phi) is 7.37. The van der Waals surface area contributed by atoms with Gasteiger partial charge in [-0.15, -0.1) is 0 Å². The van der Waals surface area contributed by atoms with Gasteiger partial charge in [0.25, 0.3) is 5.56 Å². The molecule has 1 saturated heterocycles. The number of phenols is 1. The number of hydrogen-bond donors (Lipinski definition) is 1. The number of halogens is 3. The third kappa shape index (κ3) is 4.55. The van der Waals surface area contributed by atoms with E-state index in [1.807, 2.05) is 25.7 Å². The molecule has 0 bridgehead atoms. The molecule has 1 N–H and O–H groups in total. The van der Waals surface area contributed by atoms with Gasteiger partial charge in [0, 0.05) is 44.3 Å². The van der Waals surface area contributed by atoms with Crippen molar-refractivity contribution in [2.24, 2.45) is 0 Å². The number of nitrogens with zero attached hydrogens (tertiary/aromatic N) is 5. The average Bonchev–Trinajstić information content (AvgIpc) is 2.98. The second kappa shape index (κ2) is 11.0. The van der Waals surface area contributed by atoms with Gasteiger partial charge in [0.1, 0.15) is 23.1 Å². The number of anilines is 2. The van der Waals surface area contributed by atoms with E-state index in [4.69, 9.17) is 0 Å². The van der Waals surface area contributed by atoms with Crippen molar-refractivity contribution in [1.29, 1.82) is 0 Å². The summed E-state index contributed by atoms with van der Waals surface area (Å²) in [5, 5.41) is 10.7. The van der Waals surface area contributed by atoms with Gasteiger partial charge < -0.3 is 19.8 Å². The molecule has 2 atom stereocenters. The zero-order valence-electron chi connectivity index (χ0n) is 25.7. The molecule has 4 heterocycles. The minimum absolute atomic E-state index is 0.101. The van der Waals surface area contributed by atoms with Crippen LogP contribution in [0.25, 0.3) is 27.7 Å². The van der Waals surface area contributed by atoms with Crippen LogP contribution in [0.5, 0.6) is 5.75 Å². The smallest absolute Gasteiger partial charge is 0.281 e. The van der Waals surface area contributed by atoms with E-state index in [1.54, 1.807) is 36.0 Å². The summed E-state index contributed by atoms with van der Waals surface area (Å²) in [6.07, 6.45) is 2.87. The third-order valence-electron chi connectivity index (χ3n) is 8.92. The number of piperazine rings is 1. The molecule has 2 aliphatic rings. The van der Waals surface area contributed by atoms with Crippen LogP contribution in [0.4, 0.5) is 24.5 Å². The fourth-order valence-corrected chi connectivity index (χ4v) is 6.87. The molecular formula is C34H34F3N5O3. The van der Waals surface area contributed by atoms with E-state index >= 15 is 13.2 Å². The van der Waals surface area contributed by atoms with E-state index in [0.29, 0.717) is 42.3 Å². The van der Waals surface area contributed by atoms with Crippen molar-refractivity contribution in [3.63, 3.8) is 0 Å². The quantitative estimate of drug-likeness (QED) is 0.298. The maximum Gasteiger partial charge on any atom is 0.281 e. The lowest BCUT2D eigenvalue weighted by Gasteiger charge is -2.51. The molecule has 2 aliphatic heterocycles. The first-order valence-corrected chi connectivity index (χ1v) is 14.8. The zero-order chi connectivity index (χ0) is 32.5. The molecule has 0 saturated carbocycles. The first kappa shape index (κ1) is 30.2. The van der Waals surface area contributed by atoms with Gasteiger partial charge >= 0.3 is 0 Å². The van der Waals surface area contributed by atoms with Gasteiger partial charge in [0.15, 0.2) is 5.82 Å². The third-order valence-corrected chi connectivity index (χ3v) is 8.92. The first-order valence-electron chi connectivity index (χ1n) is 14.8. The highest BCUT2D eigenvalue weighted by atomic mass is 19.1. The van der Waals surface area contributed by atoms with Crippen LogP contribution in [0.15, 0.2) is 54.0 Å². The SMILES string of the molecule is C=CC(=O)N1C[C@@H]2CN(C)c3c(c4cc(F)c(-c5c(O)cccc5F)c(F)c4n(-c4c(C)ccnc4C(C)C)c3=O)N2C[C@H]1C. The summed E-state index contributed by atoms with van der Waals surface area (Å²) >= 11 is 0. The van der Waals surface area contributed by atoms with Gasteiger partial charge in [-0.2, -0.15) is 0 Å². The van der Waals surface area contributed by atoms with Crippen molar-refractivity contribution in [3.05, 3.63) is 88.2 Å². The topological polar surface area (TPSA) is 81.9 Å². The molecular weight excluding hydrogens is 583 g/mol. The molecule has 4 aromatic rings. The number of benzene rings is 2. The second-order valence-corrected chi connectivity index (χ2v) is 12.2. The molecule has 11 heteroatoms. The predicted molar refractivity (Wildman–Crippen MR) is 169 cm³/mol. The number of phenolic OH excluding ortho intramolecular Hbond substituents is 1. The van der Waals surface area contributed by atoms with Crippen molar-refractivity contribution in [1.82, 2.24) is 14.5 Å². The van der Waals surface area contributed by atoms with E-state index in [9.17, 15) is 14.7 Å². The molecule has 0 unspecified atom stereocenters. The number of hydrogen-bond acceptors (Lipinski definition) is 6. The number of likely N-dealkylation sites (N-methyl/N-ethyl adjacent to an activating group) is 1. The van der Waals surface area contributed by atoms with Crippen molar-refractivity contribution < 1.29 is 23.1 Å². The molecule has 0 spiro atoms. The molecule has 6 rings (SSSR count). The number of aromatic nitrogens is 2. The highest BCUT2D eigenvalue weighted by Gasteiger charge is 2.42. The maximum absolute atomic E-state index is 17.2. The van der Waals surface area contributed by atoms with Gasteiger partial charge in [-0.05, 0) is 55.7 Å². The van der Waals surface area contributed by atoms with Gasteiger partial charge in [0.05, 0.1) is 39.8 Å². The average molecular weight is 618 g/mol. The summed E-state index contributed by atoms with van der Waals surface area (Å²) in [7, 11) is 1.74. The number of aromatic hydroxyl groups is 1. The summed E-state index contributed by atoms with van der Waals surface area (Å²) in [4.78, 5) is 37.3. The Hall–Kier alpha value is -4.80. The van der Waals surface area contributed by atoms with E-state index in [1.165, 1.54) is 16.7 Å². The predicted octanol–water partition coefficient (Wildman–Crippen LogP) is 5.65. The van der Waals surface area contributed by atoms with Crippen LogP contribution in [0, 0.1) is 24.4 Å². The summed E-state index contributed by atoms with van der Waals surface area (Å²) in [5.74, 6) is -4.35. The second-order valence-electron chi connectivity index (χ2n) is 12.2. The fraction of sp³-hybridized carbons (Fsp3) is 0.324. The van der Waals surface area contributed by atoms with Crippen molar-refractivity contribution >= 4 is 28.2 Å². The van der Waals surface area contributed by atoms with Crippen LogP contribution in [-0.2, 0) is 4.79 Å². The lowest BCUT2D eigenvalue weighted by atomic mass is 9.95. The highest BCUT2D eigenvalue weighted by Crippen LogP contribution is 2.46. The first-order chi connectivity index (χ1) is 21.4. The highest BCUT2D eigenvalue weighted by molar-refractivity contribution is 6.03. The molecule has 2 aromatic heterocycles. The molecule has 1 amide bonds. The van der Waals surface area contributed by atoms with Crippen LogP contribution < -0.4 is 15.4 Å². The zero-order valence-corrected chi connectivity index (χ0v) is 25.7. The van der Waals surface area contributed by atoms with Gasteiger partial charge in [-0.25, -0.2) is 13.2 Å². The lowest BCUT2D eigenvalue weighted by molar-refractivity contribution is -0.128. The van der Waals surface area contributed by atoms with E-state index < -0.39 is 39.9 Å². The minimum atomic E-state index is -1.19. The summed E-state index contributed by atoms with van der Waals surface area (Å²) in [6, 6.07) is 5.61. The molecule has 2 aromatic carbocycles. The van der Waals surface area contributed by atoms with Crippen molar-refractivity contribution in [2.45, 2.75) is 45.7 Å². The Bertz CT molecular complexity index is 1940. The normalized spacial score (nSPS) is 17.9. The number of fused-ring (bicyclic) bond motifs is 5. The van der Waals surface area contributed by atoms with Gasteiger partial charge in [-0.3, -0.25) is 19.1 Å². The van der Waals surface area contributed by atoms with Crippen LogP contribution >= 0.6 is 0 Å². The monoisotopic (exact) mass is 617 g/mol. The minimum Gasteiger partial charge on any atom is -0.507 e. The largest absolute Gasteiger partial charge is 0.507 e. The molecule has 1 fully saturated rings. The molecule has 45 heavy (non-hydrogen) atoms. The van der Waals surface area contributed by atoms with E-state index in [2.05, 4.69) is 11.6 Å². The summed E-state index contributed by atoms with van der Waals surface area (Å²) in [6.45, 7) is 12.0. The number of pyridine rings is 2. The number of amides is 1. The van der Waals surface area contributed by atoms with Crippen molar-refractivity contribution in [3.8, 4) is 22.6 Å². The molecule has 0 radical (unpaired) electrons. The van der Waals surface area contributed by atoms with E-state index in [0.717, 1.165) is 18.2 Å². The molecule has 8 nitrogen and oxygen atoms in total. The van der Waals surface area contributed by atoms with Crippen LogP contribution in [0.2, 0.25) is 0 Å². The Morgan fingerprint density at radius 3 is 2.47 bits per heavy atom. The number of carbonyl (C=O) groups is 1. The van der Waals surface area contributed by atoms with Gasteiger partial charge in [0.2, 0.25) is 5.91 Å². The number of carbonyl (C=O) groups excluding carboxylic acids is 1. The van der Waals surface area contributed by atoms with Crippen LogP contribution in [0.3, 0.4) is 0 Å². The Balaban J connectivity index is 1.77. The Morgan fingerprint density at radius 2 is 1.80 bits per heavy atom. The Morgan fingerprint density at radius 1 is 1.07 bits per heavy atom. The molecule has 234 valence electrons. The number of rotatable bonds is 4. The Labute approximate surface area is 258 Å². The number of aryl methyl sites for hydroxylation is 1. The molecule has 0 aliphatic carbocycles. The standard InChI is InChI=1S/C34H34F3N5O3/c1-7-25(44)40-16-20-15-39(6)33-32(41(20)14-19(40)5)21-13-23(36)27(26-22(35)9-8-10-24(26)43)28(37)31(21)42(34(33)45)30-18(4)11-12-38-29(30)17(2)3/h7-13,17,19-20,43H,1,14-16H2,2-6H3/t19-,20+/m1/s1. The van der Waals surface area contributed by atoms with E-state index in [-0.39, 0.29) is 40.5 Å².